The molecule has 1 amide bonds. The molecule has 7 nitrogen and oxygen atoms in total. The summed E-state index contributed by atoms with van der Waals surface area (Å²) in [7, 11) is 0. The second-order valence-corrected chi connectivity index (χ2v) is 13.4. The van der Waals surface area contributed by atoms with Crippen LogP contribution in [0.4, 0.5) is 4.39 Å². The van der Waals surface area contributed by atoms with Gasteiger partial charge in [0.1, 0.15) is 11.6 Å². The molecule has 0 aromatic carbocycles. The molecular weight excluding hydrogens is 519 g/mol. The first kappa shape index (κ1) is 31.6. The van der Waals surface area contributed by atoms with Crippen molar-refractivity contribution in [2.75, 3.05) is 0 Å². The molecule has 2 aliphatic rings. The van der Waals surface area contributed by atoms with Gasteiger partial charge in [0.25, 0.3) is 0 Å². The molecule has 0 radical (unpaired) electrons. The Morgan fingerprint density at radius 1 is 1.28 bits per heavy atom. The molecule has 2 fully saturated rings. The van der Waals surface area contributed by atoms with Gasteiger partial charge in [-0.3, -0.25) is 9.59 Å². The average Bonchev–Trinajstić information content (AvgIpc) is 3.29. The lowest BCUT2D eigenvalue weighted by molar-refractivity contribution is -0.144. The van der Waals surface area contributed by atoms with E-state index >= 15 is 4.39 Å². The zero-order valence-electron chi connectivity index (χ0n) is 24.3. The zero-order valence-corrected chi connectivity index (χ0v) is 25.1. The van der Waals surface area contributed by atoms with Crippen LogP contribution in [0.5, 0.6) is 0 Å². The molecule has 3 N–H and O–H groups in total. The first-order chi connectivity index (χ1) is 18.1. The van der Waals surface area contributed by atoms with Crippen LogP contribution in [-0.2, 0) is 14.3 Å². The Kier molecular flexibility index (Phi) is 10.3. The van der Waals surface area contributed by atoms with E-state index in [-0.39, 0.29) is 30.6 Å². The number of ether oxygens (including phenoxy) is 1. The number of aliphatic hydroxyl groups excluding tert-OH is 2. The van der Waals surface area contributed by atoms with E-state index in [0.29, 0.717) is 18.5 Å². The summed E-state index contributed by atoms with van der Waals surface area (Å²) in [6.07, 6.45) is 3.24. The van der Waals surface area contributed by atoms with Gasteiger partial charge in [0, 0.05) is 17.7 Å². The Hall–Kier alpha value is -1.94. The van der Waals surface area contributed by atoms with Crippen molar-refractivity contribution in [2.45, 2.75) is 117 Å². The Bertz CT molecular complexity index is 1090. The number of Topliss-reactive ketones (excluding diaryl/α,β-unsaturated/α-hetero) is 1. The number of allylic oxidation sites excluding steroid dienone is 2. The fourth-order valence-corrected chi connectivity index (χ4v) is 5.95. The number of nitrogens with zero attached hydrogens (tertiary/aromatic N) is 1. The van der Waals surface area contributed by atoms with Crippen molar-refractivity contribution in [3.05, 3.63) is 33.6 Å². The van der Waals surface area contributed by atoms with Gasteiger partial charge in [0.15, 0.2) is 0 Å². The number of hydrogen-bond acceptors (Lipinski definition) is 7. The quantitative estimate of drug-likeness (QED) is 0.338. The number of carbonyl (C=O) groups is 2. The van der Waals surface area contributed by atoms with Gasteiger partial charge in [0.2, 0.25) is 5.91 Å². The molecule has 7 unspecified atom stereocenters. The number of amides is 1. The minimum atomic E-state index is -1.31. The minimum absolute atomic E-state index is 0.149. The van der Waals surface area contributed by atoms with Crippen molar-refractivity contribution in [1.29, 1.82) is 0 Å². The minimum Gasteiger partial charge on any atom is -0.392 e. The second kappa shape index (κ2) is 12.7. The fourth-order valence-electron chi connectivity index (χ4n) is 5.38. The molecule has 3 rings (SSSR count). The zero-order chi connectivity index (χ0) is 29.1. The number of fused-ring (bicyclic) bond motifs is 1. The summed E-state index contributed by atoms with van der Waals surface area (Å²) >= 11 is 1.41. The summed E-state index contributed by atoms with van der Waals surface area (Å²) in [5.41, 5.74) is -0.222. The van der Waals surface area contributed by atoms with Gasteiger partial charge in [0.05, 0.1) is 52.5 Å². The lowest BCUT2D eigenvalue weighted by Gasteiger charge is -2.36. The van der Waals surface area contributed by atoms with E-state index in [2.05, 4.69) is 10.3 Å². The van der Waals surface area contributed by atoms with Gasteiger partial charge >= 0.3 is 0 Å². The van der Waals surface area contributed by atoms with Crippen LogP contribution < -0.4 is 5.32 Å². The third-order valence-corrected chi connectivity index (χ3v) is 9.16. The summed E-state index contributed by atoms with van der Waals surface area (Å²) in [6, 6.07) is -0.948. The first-order valence-corrected chi connectivity index (χ1v) is 14.8. The molecule has 9 heteroatoms. The van der Waals surface area contributed by atoms with Crippen molar-refractivity contribution >= 4 is 29.1 Å². The maximum atomic E-state index is 15.5. The lowest BCUT2D eigenvalue weighted by Crippen LogP contribution is -2.48. The number of epoxide rings is 1. The highest BCUT2D eigenvalue weighted by molar-refractivity contribution is 7.09. The topological polar surface area (TPSA) is 112 Å². The van der Waals surface area contributed by atoms with Crippen molar-refractivity contribution in [3.63, 3.8) is 0 Å². The Morgan fingerprint density at radius 3 is 2.59 bits per heavy atom. The maximum Gasteiger partial charge on any atom is 0.223 e. The molecule has 218 valence electrons. The van der Waals surface area contributed by atoms with Gasteiger partial charge in [-0.05, 0) is 59.0 Å². The third kappa shape index (κ3) is 8.06. The van der Waals surface area contributed by atoms with Crippen LogP contribution in [0.3, 0.4) is 0 Å². The normalized spacial score (nSPS) is 34.7. The van der Waals surface area contributed by atoms with Crippen molar-refractivity contribution in [2.24, 2.45) is 17.3 Å². The van der Waals surface area contributed by atoms with E-state index in [4.69, 9.17) is 4.74 Å². The first-order valence-electron chi connectivity index (χ1n) is 13.9. The Labute approximate surface area is 235 Å². The molecule has 0 aliphatic carbocycles. The van der Waals surface area contributed by atoms with Crippen molar-refractivity contribution in [3.8, 4) is 0 Å². The number of hydrogen-bond donors (Lipinski definition) is 3. The van der Waals surface area contributed by atoms with Gasteiger partial charge in [-0.25, -0.2) is 9.37 Å². The average molecular weight is 565 g/mol. The van der Waals surface area contributed by atoms with Crippen molar-refractivity contribution in [1.82, 2.24) is 10.3 Å². The lowest BCUT2D eigenvalue weighted by atomic mass is 9.71. The van der Waals surface area contributed by atoms with Crippen LogP contribution in [0.25, 0.3) is 6.08 Å². The largest absolute Gasteiger partial charge is 0.392 e. The number of rotatable bonds is 4. The van der Waals surface area contributed by atoms with Gasteiger partial charge in [-0.1, -0.05) is 38.8 Å². The summed E-state index contributed by atoms with van der Waals surface area (Å²) in [6.45, 7) is 12.9. The highest BCUT2D eigenvalue weighted by Crippen LogP contribution is 2.44. The Morgan fingerprint density at radius 2 is 1.97 bits per heavy atom. The molecule has 1 aromatic heterocycles. The van der Waals surface area contributed by atoms with Gasteiger partial charge < -0.3 is 20.3 Å². The molecule has 1 aromatic rings. The SMILES string of the molecule is CC(C)=CCC1C(=O)C(C)(C)C(O)CC(=O)NC(C(F)=Cc2csc(C)n2)CC2OC2(C)CCCC(C)C1O. The van der Waals surface area contributed by atoms with Crippen molar-refractivity contribution < 1.29 is 28.9 Å². The molecule has 0 spiro atoms. The summed E-state index contributed by atoms with van der Waals surface area (Å²) in [4.78, 5) is 31.1. The monoisotopic (exact) mass is 564 g/mol. The predicted octanol–water partition coefficient (Wildman–Crippen LogP) is 5.29. The van der Waals surface area contributed by atoms with E-state index in [1.807, 2.05) is 40.7 Å². The van der Waals surface area contributed by atoms with Crippen LogP contribution in [0.2, 0.25) is 0 Å². The molecule has 3 heterocycles. The highest BCUT2D eigenvalue weighted by atomic mass is 32.1. The van der Waals surface area contributed by atoms with E-state index < -0.39 is 46.9 Å². The van der Waals surface area contributed by atoms with Crippen LogP contribution >= 0.6 is 11.3 Å². The number of aliphatic hydroxyl groups is 2. The molecule has 0 saturated carbocycles. The molecule has 0 bridgehead atoms. The van der Waals surface area contributed by atoms with Crippen LogP contribution in [0.15, 0.2) is 22.9 Å². The number of halogens is 1. The van der Waals surface area contributed by atoms with Crippen LogP contribution in [0.1, 0.15) is 90.8 Å². The molecule has 7 atom stereocenters. The van der Waals surface area contributed by atoms with E-state index in [1.165, 1.54) is 17.4 Å². The van der Waals surface area contributed by atoms with Gasteiger partial charge in [-0.2, -0.15) is 0 Å². The van der Waals surface area contributed by atoms with E-state index in [0.717, 1.165) is 23.4 Å². The smallest absolute Gasteiger partial charge is 0.223 e. The van der Waals surface area contributed by atoms with Crippen LogP contribution in [-0.4, -0.2) is 56.8 Å². The van der Waals surface area contributed by atoms with E-state index in [1.54, 1.807) is 19.2 Å². The second-order valence-electron chi connectivity index (χ2n) is 12.4. The summed E-state index contributed by atoms with van der Waals surface area (Å²) in [5.74, 6) is -2.24. The molecule has 2 aliphatic heterocycles. The number of nitrogens with one attached hydrogen (secondary N) is 1. The summed E-state index contributed by atoms with van der Waals surface area (Å²) < 4.78 is 21.5. The summed E-state index contributed by atoms with van der Waals surface area (Å²) in [5, 5.41) is 27.6. The number of aryl methyl sites for hydroxylation is 1. The predicted molar refractivity (Wildman–Crippen MR) is 152 cm³/mol. The number of ketones is 1. The fraction of sp³-hybridized carbons (Fsp3) is 0.700. The molecular formula is C30H45FN2O5S. The maximum absolute atomic E-state index is 15.5. The third-order valence-electron chi connectivity index (χ3n) is 8.37. The number of aromatic nitrogens is 1. The van der Waals surface area contributed by atoms with Crippen LogP contribution in [0, 0.1) is 24.2 Å². The number of carbonyl (C=O) groups excluding carboxylic acids is 2. The molecule has 39 heavy (non-hydrogen) atoms. The highest BCUT2D eigenvalue weighted by Gasteiger charge is 2.53. The Balaban J connectivity index is 1.90. The standard InChI is InChI=1S/C30H45FN2O5S/c1-17(2)10-11-21-27(36)18(3)9-8-12-30(7)25(38-30)14-23(22(31)13-20-16-39-19(4)32-20)33-26(35)15-24(34)29(5,6)28(21)37/h10,13,16,18,21,23-25,27,34,36H,8-9,11-12,14-15H2,1-7H3,(H,33,35). The van der Waals surface area contributed by atoms with E-state index in [9.17, 15) is 19.8 Å². The molecule has 2 saturated heterocycles. The number of thiazole rings is 1. The van der Waals surface area contributed by atoms with Gasteiger partial charge in [-0.15, -0.1) is 11.3 Å².